The molecule has 0 aliphatic heterocycles. The van der Waals surface area contributed by atoms with E-state index in [9.17, 15) is 13.6 Å². The lowest BCUT2D eigenvalue weighted by atomic mass is 9.98. The van der Waals surface area contributed by atoms with Crippen molar-refractivity contribution in [1.29, 1.82) is 0 Å². The second-order valence-corrected chi connectivity index (χ2v) is 7.07. The normalized spacial score (nSPS) is 11.9. The molecule has 0 heterocycles. The van der Waals surface area contributed by atoms with Crippen molar-refractivity contribution in [3.63, 3.8) is 0 Å². The molecule has 3 rings (SSSR count). The Kier molecular flexibility index (Phi) is 7.14. The highest BCUT2D eigenvalue weighted by Gasteiger charge is 2.19. The molecule has 0 bridgehead atoms. The number of alkyl halides is 2. The summed E-state index contributed by atoms with van der Waals surface area (Å²) in [5.41, 5.74) is 4.87. The summed E-state index contributed by atoms with van der Waals surface area (Å²) in [5.74, 6) is -0.00416. The second kappa shape index (κ2) is 9.98. The van der Waals surface area contributed by atoms with Crippen molar-refractivity contribution in [3.05, 3.63) is 95.1 Å². The van der Waals surface area contributed by atoms with Gasteiger partial charge in [-0.25, -0.2) is 0 Å². The standard InChI is InChI=1S/C24H24F2N2O2/c1-16-7-6-10-21(17(16)2)28-22(29)15-27-23(18-8-4-3-5-9-18)19-11-13-20(14-12-19)30-24(25)26/h3-14,23-24,27H,15H2,1-2H3,(H,28,29)/p+1/t23-/m0/s1. The zero-order chi connectivity index (χ0) is 21.5. The number of carbonyl (C=O) groups is 1. The van der Waals surface area contributed by atoms with Gasteiger partial charge in [0, 0.05) is 16.8 Å². The van der Waals surface area contributed by atoms with Crippen LogP contribution in [-0.4, -0.2) is 19.1 Å². The maximum absolute atomic E-state index is 12.6. The molecule has 0 aliphatic carbocycles. The molecule has 3 aromatic rings. The molecular formula is C24H25F2N2O2+. The van der Waals surface area contributed by atoms with E-state index in [1.165, 1.54) is 12.1 Å². The summed E-state index contributed by atoms with van der Waals surface area (Å²) in [7, 11) is 0. The van der Waals surface area contributed by atoms with Crippen LogP contribution in [0, 0.1) is 13.8 Å². The fourth-order valence-corrected chi connectivity index (χ4v) is 3.29. The number of rotatable bonds is 8. The summed E-state index contributed by atoms with van der Waals surface area (Å²) < 4.78 is 29.3. The van der Waals surface area contributed by atoms with Gasteiger partial charge >= 0.3 is 6.61 Å². The Balaban J connectivity index is 1.73. The van der Waals surface area contributed by atoms with Gasteiger partial charge < -0.3 is 15.4 Å². The van der Waals surface area contributed by atoms with E-state index in [-0.39, 0.29) is 24.2 Å². The first-order chi connectivity index (χ1) is 14.4. The van der Waals surface area contributed by atoms with Gasteiger partial charge in [0.2, 0.25) is 0 Å². The molecule has 0 saturated carbocycles. The number of nitrogens with two attached hydrogens (primary N) is 1. The molecule has 0 radical (unpaired) electrons. The molecule has 3 aromatic carbocycles. The summed E-state index contributed by atoms with van der Waals surface area (Å²) in [4.78, 5) is 12.6. The Morgan fingerprint density at radius 3 is 2.27 bits per heavy atom. The fraction of sp³-hybridized carbons (Fsp3) is 0.208. The van der Waals surface area contributed by atoms with Crippen LogP contribution in [0.5, 0.6) is 5.75 Å². The highest BCUT2D eigenvalue weighted by atomic mass is 19.3. The van der Waals surface area contributed by atoms with Gasteiger partial charge in [-0.1, -0.05) is 42.5 Å². The average molecular weight is 411 g/mol. The number of anilines is 1. The fourth-order valence-electron chi connectivity index (χ4n) is 3.29. The van der Waals surface area contributed by atoms with Gasteiger partial charge in [-0.05, 0) is 55.3 Å². The summed E-state index contributed by atoms with van der Waals surface area (Å²) in [6.45, 7) is 1.33. The van der Waals surface area contributed by atoms with E-state index < -0.39 is 6.61 Å². The van der Waals surface area contributed by atoms with Crippen molar-refractivity contribution in [1.82, 2.24) is 0 Å². The van der Waals surface area contributed by atoms with Crippen molar-refractivity contribution in [3.8, 4) is 5.75 Å². The van der Waals surface area contributed by atoms with E-state index in [1.807, 2.05) is 67.7 Å². The Bertz CT molecular complexity index is 976. The molecule has 3 N–H and O–H groups in total. The minimum atomic E-state index is -2.86. The maximum Gasteiger partial charge on any atom is 0.387 e. The number of aryl methyl sites for hydroxylation is 1. The van der Waals surface area contributed by atoms with E-state index in [1.54, 1.807) is 12.1 Å². The van der Waals surface area contributed by atoms with Crippen molar-refractivity contribution >= 4 is 11.6 Å². The van der Waals surface area contributed by atoms with E-state index >= 15 is 0 Å². The molecule has 0 aliphatic rings. The van der Waals surface area contributed by atoms with Gasteiger partial charge in [0.25, 0.3) is 5.91 Å². The summed E-state index contributed by atoms with van der Waals surface area (Å²) >= 11 is 0. The number of benzene rings is 3. The molecule has 1 atom stereocenters. The van der Waals surface area contributed by atoms with E-state index in [0.717, 1.165) is 27.9 Å². The Morgan fingerprint density at radius 2 is 1.60 bits per heavy atom. The third-order valence-corrected chi connectivity index (χ3v) is 5.04. The highest BCUT2D eigenvalue weighted by molar-refractivity contribution is 5.92. The molecule has 0 saturated heterocycles. The quantitative estimate of drug-likeness (QED) is 0.584. The summed E-state index contributed by atoms with van der Waals surface area (Å²) in [6.07, 6.45) is 0. The first-order valence-electron chi connectivity index (χ1n) is 9.73. The first kappa shape index (κ1) is 21.5. The number of ether oxygens (including phenoxy) is 1. The molecule has 156 valence electrons. The molecule has 0 unspecified atom stereocenters. The molecule has 6 heteroatoms. The van der Waals surface area contributed by atoms with Crippen LogP contribution < -0.4 is 15.4 Å². The molecule has 4 nitrogen and oxygen atoms in total. The average Bonchev–Trinajstić information content (AvgIpc) is 2.73. The zero-order valence-corrected chi connectivity index (χ0v) is 16.9. The van der Waals surface area contributed by atoms with Crippen molar-refractivity contribution < 1.29 is 23.6 Å². The number of amides is 1. The number of halogens is 2. The van der Waals surface area contributed by atoms with Crippen molar-refractivity contribution in [2.24, 2.45) is 0 Å². The zero-order valence-electron chi connectivity index (χ0n) is 16.9. The SMILES string of the molecule is Cc1cccc(NC(=O)C[NH2+][C@@H](c2ccccc2)c2ccc(OC(F)F)cc2)c1C. The largest absolute Gasteiger partial charge is 0.435 e. The lowest BCUT2D eigenvalue weighted by Gasteiger charge is -2.17. The summed E-state index contributed by atoms with van der Waals surface area (Å²) in [6, 6.07) is 21.9. The second-order valence-electron chi connectivity index (χ2n) is 7.07. The van der Waals surface area contributed by atoms with Crippen LogP contribution in [0.2, 0.25) is 0 Å². The number of quaternary nitrogens is 1. The maximum atomic E-state index is 12.6. The van der Waals surface area contributed by atoms with Gasteiger partial charge in [0.15, 0.2) is 6.54 Å². The Morgan fingerprint density at radius 1 is 0.933 bits per heavy atom. The van der Waals surface area contributed by atoms with Crippen LogP contribution in [-0.2, 0) is 4.79 Å². The van der Waals surface area contributed by atoms with E-state index in [4.69, 9.17) is 0 Å². The minimum absolute atomic E-state index is 0.105. The van der Waals surface area contributed by atoms with Crippen LogP contribution in [0.1, 0.15) is 28.3 Å². The van der Waals surface area contributed by atoms with Crippen molar-refractivity contribution in [2.45, 2.75) is 26.5 Å². The van der Waals surface area contributed by atoms with Crippen LogP contribution in [0.4, 0.5) is 14.5 Å². The predicted octanol–water partition coefficient (Wildman–Crippen LogP) is 4.20. The van der Waals surface area contributed by atoms with Gasteiger partial charge in [-0.2, -0.15) is 8.78 Å². The molecule has 0 fully saturated rings. The third kappa shape index (κ3) is 5.64. The van der Waals surface area contributed by atoms with Crippen LogP contribution in [0.3, 0.4) is 0 Å². The Labute approximate surface area is 174 Å². The number of hydrogen-bond acceptors (Lipinski definition) is 2. The van der Waals surface area contributed by atoms with Crippen LogP contribution >= 0.6 is 0 Å². The smallest absolute Gasteiger partial charge is 0.387 e. The summed E-state index contributed by atoms with van der Waals surface area (Å²) in [5, 5.41) is 4.90. The lowest BCUT2D eigenvalue weighted by Crippen LogP contribution is -2.87. The minimum Gasteiger partial charge on any atom is -0.435 e. The van der Waals surface area contributed by atoms with Crippen LogP contribution in [0.15, 0.2) is 72.8 Å². The van der Waals surface area contributed by atoms with E-state index in [2.05, 4.69) is 10.1 Å². The van der Waals surface area contributed by atoms with Crippen molar-refractivity contribution in [2.75, 3.05) is 11.9 Å². The predicted molar refractivity (Wildman–Crippen MR) is 113 cm³/mol. The highest BCUT2D eigenvalue weighted by Crippen LogP contribution is 2.22. The molecule has 30 heavy (non-hydrogen) atoms. The lowest BCUT2D eigenvalue weighted by molar-refractivity contribution is -0.676. The topological polar surface area (TPSA) is 54.9 Å². The van der Waals surface area contributed by atoms with Gasteiger partial charge in [0.05, 0.1) is 0 Å². The van der Waals surface area contributed by atoms with Gasteiger partial charge in [0.1, 0.15) is 11.8 Å². The molecule has 0 spiro atoms. The third-order valence-electron chi connectivity index (χ3n) is 5.04. The first-order valence-corrected chi connectivity index (χ1v) is 9.73. The van der Waals surface area contributed by atoms with Gasteiger partial charge in [-0.3, -0.25) is 4.79 Å². The van der Waals surface area contributed by atoms with Crippen LogP contribution in [0.25, 0.3) is 0 Å². The molecular weight excluding hydrogens is 386 g/mol. The number of hydrogen-bond donors (Lipinski definition) is 2. The monoisotopic (exact) mass is 411 g/mol. The Hall–Kier alpha value is -3.25. The number of nitrogens with one attached hydrogen (secondary N) is 1. The van der Waals surface area contributed by atoms with E-state index in [0.29, 0.717) is 0 Å². The number of carbonyl (C=O) groups excluding carboxylic acids is 1. The van der Waals surface area contributed by atoms with Gasteiger partial charge in [-0.15, -0.1) is 0 Å². The molecule has 0 aromatic heterocycles. The molecule has 1 amide bonds.